The van der Waals surface area contributed by atoms with Gasteiger partial charge in [0.05, 0.1) is 16.0 Å². The third-order valence-electron chi connectivity index (χ3n) is 2.20. The number of nitro groups is 1. The second kappa shape index (κ2) is 5.72. The summed E-state index contributed by atoms with van der Waals surface area (Å²) in [7, 11) is 0. The third-order valence-corrected chi connectivity index (χ3v) is 2.82. The Morgan fingerprint density at radius 2 is 2.05 bits per heavy atom. The molecule has 7 nitrogen and oxygen atoms in total. The molecule has 0 saturated heterocycles. The molecule has 1 aromatic carbocycles. The van der Waals surface area contributed by atoms with Gasteiger partial charge in [0, 0.05) is 24.0 Å². The number of aliphatic hydroxyl groups is 1. The van der Waals surface area contributed by atoms with Crippen molar-refractivity contribution < 1.29 is 14.8 Å². The lowest BCUT2D eigenvalue weighted by Crippen LogP contribution is -1.98. The van der Waals surface area contributed by atoms with Crippen LogP contribution in [0, 0.1) is 10.1 Å². The largest absolute Gasteiger partial charge is 0.416 e. The van der Waals surface area contributed by atoms with E-state index >= 15 is 0 Å². The second-order valence-electron chi connectivity index (χ2n) is 3.48. The first-order valence-corrected chi connectivity index (χ1v) is 5.93. The smallest absolute Gasteiger partial charge is 0.322 e. The highest BCUT2D eigenvalue weighted by molar-refractivity contribution is 9.10. The summed E-state index contributed by atoms with van der Waals surface area (Å²) in [5.74, 6) is 0.0317. The molecule has 19 heavy (non-hydrogen) atoms. The number of rotatable bonds is 4. The van der Waals surface area contributed by atoms with Crippen molar-refractivity contribution in [2.45, 2.75) is 6.61 Å². The number of hydrogen-bond acceptors (Lipinski definition) is 6. The van der Waals surface area contributed by atoms with Crippen molar-refractivity contribution in [2.24, 2.45) is 0 Å². The van der Waals surface area contributed by atoms with Crippen LogP contribution in [0.4, 0.5) is 5.69 Å². The van der Waals surface area contributed by atoms with E-state index in [0.29, 0.717) is 10.0 Å². The molecule has 1 N–H and O–H groups in total. The van der Waals surface area contributed by atoms with Crippen LogP contribution < -0.4 is 4.74 Å². The molecule has 0 spiro atoms. The number of aromatic nitrogens is 2. The first-order chi connectivity index (χ1) is 9.11. The van der Waals surface area contributed by atoms with Crippen LogP contribution in [0.25, 0.3) is 0 Å². The highest BCUT2D eigenvalue weighted by Gasteiger charge is 2.19. The van der Waals surface area contributed by atoms with E-state index in [0.717, 1.165) is 0 Å². The van der Waals surface area contributed by atoms with Gasteiger partial charge in [-0.15, -0.1) is 0 Å². The Morgan fingerprint density at radius 3 is 2.63 bits per heavy atom. The summed E-state index contributed by atoms with van der Waals surface area (Å²) in [6.07, 6.45) is 2.76. The van der Waals surface area contributed by atoms with Crippen LogP contribution in [0.15, 0.2) is 35.1 Å². The Kier molecular flexibility index (Phi) is 4.03. The quantitative estimate of drug-likeness (QED) is 0.684. The highest BCUT2D eigenvalue weighted by atomic mass is 79.9. The van der Waals surface area contributed by atoms with E-state index in [1.807, 2.05) is 0 Å². The van der Waals surface area contributed by atoms with E-state index in [-0.39, 0.29) is 24.1 Å². The Balaban J connectivity index is 2.34. The van der Waals surface area contributed by atoms with Gasteiger partial charge >= 0.3 is 11.7 Å². The lowest BCUT2D eigenvalue weighted by Gasteiger charge is -2.06. The van der Waals surface area contributed by atoms with E-state index in [1.54, 1.807) is 6.07 Å². The van der Waals surface area contributed by atoms with Gasteiger partial charge in [-0.3, -0.25) is 10.1 Å². The Morgan fingerprint density at radius 1 is 1.37 bits per heavy atom. The lowest BCUT2D eigenvalue weighted by atomic mass is 10.3. The number of aliphatic hydroxyl groups excluding tert-OH is 1. The molecule has 2 rings (SSSR count). The molecule has 0 fully saturated rings. The Bertz CT molecular complexity index is 603. The maximum Gasteiger partial charge on any atom is 0.322 e. The highest BCUT2D eigenvalue weighted by Crippen LogP contribution is 2.36. The zero-order valence-corrected chi connectivity index (χ0v) is 11.1. The SMILES string of the molecule is O=[N+]([O-])c1cccc(Br)c1Oc1ncc(CO)cn1. The maximum atomic E-state index is 10.9. The van der Waals surface area contributed by atoms with Crippen molar-refractivity contribution in [3.8, 4) is 11.8 Å². The van der Waals surface area contributed by atoms with Gasteiger partial charge in [0.2, 0.25) is 5.75 Å². The minimum absolute atomic E-state index is 0.0317. The predicted octanol–water partition coefficient (Wildman–Crippen LogP) is 2.43. The molecule has 0 atom stereocenters. The molecule has 1 heterocycles. The van der Waals surface area contributed by atoms with Crippen molar-refractivity contribution in [1.29, 1.82) is 0 Å². The van der Waals surface area contributed by atoms with Gasteiger partial charge in [-0.1, -0.05) is 6.07 Å². The van der Waals surface area contributed by atoms with Gasteiger partial charge in [0.15, 0.2) is 0 Å². The summed E-state index contributed by atoms with van der Waals surface area (Å²) >= 11 is 3.18. The summed E-state index contributed by atoms with van der Waals surface area (Å²) in [6, 6.07) is 4.43. The van der Waals surface area contributed by atoms with Crippen LogP contribution in [0.3, 0.4) is 0 Å². The summed E-state index contributed by atoms with van der Waals surface area (Å²) in [5.41, 5.74) is 0.332. The minimum Gasteiger partial charge on any atom is -0.416 e. The number of hydrogen-bond donors (Lipinski definition) is 1. The number of benzene rings is 1. The third kappa shape index (κ3) is 3.04. The monoisotopic (exact) mass is 325 g/mol. The topological polar surface area (TPSA) is 98.4 Å². The summed E-state index contributed by atoms with van der Waals surface area (Å²) in [6.45, 7) is -0.185. The molecule has 0 amide bonds. The molecular formula is C11H8BrN3O4. The van der Waals surface area contributed by atoms with E-state index in [1.165, 1.54) is 24.5 Å². The fraction of sp³-hybridized carbons (Fsp3) is 0.0909. The van der Waals surface area contributed by atoms with Crippen molar-refractivity contribution in [3.63, 3.8) is 0 Å². The zero-order valence-electron chi connectivity index (χ0n) is 9.49. The molecular weight excluding hydrogens is 318 g/mol. The van der Waals surface area contributed by atoms with Crippen LogP contribution in [0.1, 0.15) is 5.56 Å². The molecule has 0 aliphatic rings. The van der Waals surface area contributed by atoms with Gasteiger partial charge < -0.3 is 9.84 Å². The molecule has 0 saturated carbocycles. The van der Waals surface area contributed by atoms with E-state index in [9.17, 15) is 10.1 Å². The van der Waals surface area contributed by atoms with Gasteiger partial charge in [0.25, 0.3) is 0 Å². The summed E-state index contributed by atoms with van der Waals surface area (Å²) in [5, 5.41) is 19.8. The molecule has 0 radical (unpaired) electrons. The zero-order chi connectivity index (χ0) is 13.8. The number of nitrogens with zero attached hydrogens (tertiary/aromatic N) is 3. The first-order valence-electron chi connectivity index (χ1n) is 5.14. The predicted molar refractivity (Wildman–Crippen MR) is 68.8 cm³/mol. The number of para-hydroxylation sites is 1. The molecule has 0 unspecified atom stereocenters. The van der Waals surface area contributed by atoms with E-state index in [2.05, 4.69) is 25.9 Å². The lowest BCUT2D eigenvalue weighted by molar-refractivity contribution is -0.385. The molecule has 2 aromatic rings. The first kappa shape index (κ1) is 13.4. The van der Waals surface area contributed by atoms with Crippen LogP contribution in [-0.4, -0.2) is 20.0 Å². The van der Waals surface area contributed by atoms with Crippen molar-refractivity contribution in [3.05, 3.63) is 50.7 Å². The second-order valence-corrected chi connectivity index (χ2v) is 4.33. The van der Waals surface area contributed by atoms with E-state index < -0.39 is 4.92 Å². The molecule has 0 aliphatic carbocycles. The number of halogens is 1. The van der Waals surface area contributed by atoms with Crippen LogP contribution >= 0.6 is 15.9 Å². The van der Waals surface area contributed by atoms with Gasteiger partial charge in [-0.25, -0.2) is 9.97 Å². The van der Waals surface area contributed by atoms with Crippen molar-refractivity contribution in [2.75, 3.05) is 0 Å². The molecule has 1 aromatic heterocycles. The Hall–Kier alpha value is -2.06. The molecule has 0 aliphatic heterocycles. The average Bonchev–Trinajstić information content (AvgIpc) is 2.41. The standard InChI is InChI=1S/C11H8BrN3O4/c12-8-2-1-3-9(15(17)18)10(8)19-11-13-4-7(6-16)5-14-11/h1-5,16H,6H2. The molecule has 8 heteroatoms. The normalized spacial score (nSPS) is 10.2. The molecule has 0 bridgehead atoms. The fourth-order valence-electron chi connectivity index (χ4n) is 1.31. The van der Waals surface area contributed by atoms with Crippen LogP contribution in [0.5, 0.6) is 11.8 Å². The number of ether oxygens (including phenoxy) is 1. The van der Waals surface area contributed by atoms with Crippen LogP contribution in [0.2, 0.25) is 0 Å². The summed E-state index contributed by atoms with van der Waals surface area (Å²) < 4.78 is 5.74. The van der Waals surface area contributed by atoms with Crippen molar-refractivity contribution in [1.82, 2.24) is 9.97 Å². The number of nitro benzene ring substituents is 1. The van der Waals surface area contributed by atoms with E-state index in [4.69, 9.17) is 9.84 Å². The summed E-state index contributed by atoms with van der Waals surface area (Å²) in [4.78, 5) is 18.0. The van der Waals surface area contributed by atoms with Crippen LogP contribution in [-0.2, 0) is 6.61 Å². The fourth-order valence-corrected chi connectivity index (χ4v) is 1.75. The minimum atomic E-state index is -0.553. The van der Waals surface area contributed by atoms with Gasteiger partial charge in [-0.05, 0) is 22.0 Å². The van der Waals surface area contributed by atoms with Gasteiger partial charge in [-0.2, -0.15) is 0 Å². The average molecular weight is 326 g/mol. The Labute approximate surface area is 116 Å². The van der Waals surface area contributed by atoms with Gasteiger partial charge in [0.1, 0.15) is 0 Å². The molecule has 98 valence electrons. The van der Waals surface area contributed by atoms with Crippen molar-refractivity contribution >= 4 is 21.6 Å². The maximum absolute atomic E-state index is 10.9.